The van der Waals surface area contributed by atoms with Crippen LogP contribution in [0, 0.1) is 12.7 Å². The minimum absolute atomic E-state index is 0.0101. The highest BCUT2D eigenvalue weighted by Gasteiger charge is 2.29. The molecular formula is C17H17FO2. The van der Waals surface area contributed by atoms with Crippen molar-refractivity contribution in [1.82, 2.24) is 0 Å². The second-order valence-corrected chi connectivity index (χ2v) is 5.23. The van der Waals surface area contributed by atoms with Crippen molar-refractivity contribution in [3.8, 4) is 5.75 Å². The first-order valence-electron chi connectivity index (χ1n) is 6.82. The van der Waals surface area contributed by atoms with E-state index >= 15 is 0 Å². The van der Waals surface area contributed by atoms with Gasteiger partial charge in [-0.15, -0.1) is 0 Å². The Balaban J connectivity index is 1.97. The van der Waals surface area contributed by atoms with Crippen molar-refractivity contribution in [3.05, 3.63) is 65.0 Å². The molecule has 2 unspecified atom stereocenters. The minimum atomic E-state index is -0.638. The number of aliphatic hydroxyl groups is 1. The number of rotatable bonds is 2. The van der Waals surface area contributed by atoms with Crippen LogP contribution in [0.3, 0.4) is 0 Å². The smallest absolute Gasteiger partial charge is 0.123 e. The molecule has 2 aromatic rings. The third-order valence-corrected chi connectivity index (χ3v) is 3.94. The quantitative estimate of drug-likeness (QED) is 0.902. The molecule has 0 aliphatic carbocycles. The van der Waals surface area contributed by atoms with E-state index in [1.54, 1.807) is 6.07 Å². The number of hydrogen-bond donors (Lipinski definition) is 1. The minimum Gasteiger partial charge on any atom is -0.493 e. The highest BCUT2D eigenvalue weighted by atomic mass is 19.1. The number of aryl methyl sites for hydroxylation is 1. The maximum atomic E-state index is 13.2. The summed E-state index contributed by atoms with van der Waals surface area (Å²) >= 11 is 0. The standard InChI is InChI=1S/C17H17FO2/c1-11-10-12(18)6-7-13(11)17(19)15-8-9-20-16-5-3-2-4-14(15)16/h2-7,10,15,17,19H,8-9H2,1H3. The van der Waals surface area contributed by atoms with E-state index in [4.69, 9.17) is 4.74 Å². The van der Waals surface area contributed by atoms with Gasteiger partial charge in [0.2, 0.25) is 0 Å². The van der Waals surface area contributed by atoms with Gasteiger partial charge in [-0.3, -0.25) is 0 Å². The van der Waals surface area contributed by atoms with E-state index in [2.05, 4.69) is 0 Å². The summed E-state index contributed by atoms with van der Waals surface area (Å²) < 4.78 is 18.8. The molecule has 0 fully saturated rings. The van der Waals surface area contributed by atoms with E-state index in [0.29, 0.717) is 6.61 Å². The summed E-state index contributed by atoms with van der Waals surface area (Å²) in [6.07, 6.45) is 0.121. The molecule has 20 heavy (non-hydrogen) atoms. The Morgan fingerprint density at radius 3 is 2.85 bits per heavy atom. The zero-order valence-corrected chi connectivity index (χ0v) is 11.3. The molecule has 0 saturated carbocycles. The Kier molecular flexibility index (Phi) is 3.45. The van der Waals surface area contributed by atoms with Crippen LogP contribution in [0.15, 0.2) is 42.5 Å². The second-order valence-electron chi connectivity index (χ2n) is 5.23. The normalized spacial score (nSPS) is 19.1. The molecule has 0 spiro atoms. The number of benzene rings is 2. The van der Waals surface area contributed by atoms with Crippen molar-refractivity contribution in [3.63, 3.8) is 0 Å². The lowest BCUT2D eigenvalue weighted by Crippen LogP contribution is -2.20. The molecule has 0 aromatic heterocycles. The van der Waals surface area contributed by atoms with Gasteiger partial charge in [-0.1, -0.05) is 24.3 Å². The SMILES string of the molecule is Cc1cc(F)ccc1C(O)C1CCOc2ccccc21. The van der Waals surface area contributed by atoms with E-state index in [9.17, 15) is 9.50 Å². The molecule has 3 heteroatoms. The highest BCUT2D eigenvalue weighted by Crippen LogP contribution is 2.41. The van der Waals surface area contributed by atoms with Crippen LogP contribution in [0.25, 0.3) is 0 Å². The van der Waals surface area contributed by atoms with Crippen LogP contribution in [0.2, 0.25) is 0 Å². The molecular weight excluding hydrogens is 255 g/mol. The molecule has 0 amide bonds. The molecule has 2 aromatic carbocycles. The van der Waals surface area contributed by atoms with E-state index in [1.807, 2.05) is 31.2 Å². The summed E-state index contributed by atoms with van der Waals surface area (Å²) in [4.78, 5) is 0. The Hall–Kier alpha value is -1.87. The van der Waals surface area contributed by atoms with E-state index in [-0.39, 0.29) is 11.7 Å². The zero-order valence-electron chi connectivity index (χ0n) is 11.3. The molecule has 104 valence electrons. The fourth-order valence-corrected chi connectivity index (χ4v) is 2.89. The number of halogens is 1. The average molecular weight is 272 g/mol. The number of aliphatic hydroxyl groups excluding tert-OH is 1. The summed E-state index contributed by atoms with van der Waals surface area (Å²) in [5, 5.41) is 10.7. The Labute approximate surface area is 117 Å². The molecule has 2 nitrogen and oxygen atoms in total. The van der Waals surface area contributed by atoms with E-state index in [1.165, 1.54) is 12.1 Å². The van der Waals surface area contributed by atoms with Gasteiger partial charge in [-0.25, -0.2) is 4.39 Å². The van der Waals surface area contributed by atoms with Crippen LogP contribution in [-0.4, -0.2) is 11.7 Å². The summed E-state index contributed by atoms with van der Waals surface area (Å²) in [5.41, 5.74) is 2.59. The van der Waals surface area contributed by atoms with Crippen molar-refractivity contribution in [2.45, 2.75) is 25.4 Å². The lowest BCUT2D eigenvalue weighted by molar-refractivity contribution is 0.116. The maximum Gasteiger partial charge on any atom is 0.123 e. The largest absolute Gasteiger partial charge is 0.493 e. The molecule has 0 bridgehead atoms. The summed E-state index contributed by atoms with van der Waals surface area (Å²) in [5.74, 6) is 0.553. The number of para-hydroxylation sites is 1. The first-order valence-corrected chi connectivity index (χ1v) is 6.82. The molecule has 1 heterocycles. The summed E-state index contributed by atoms with van der Waals surface area (Å²) in [7, 11) is 0. The molecule has 1 aliphatic heterocycles. The van der Waals surface area contributed by atoms with E-state index < -0.39 is 6.10 Å². The lowest BCUT2D eigenvalue weighted by Gasteiger charge is -2.30. The maximum absolute atomic E-state index is 13.2. The third-order valence-electron chi connectivity index (χ3n) is 3.94. The Morgan fingerprint density at radius 2 is 2.05 bits per heavy atom. The van der Waals surface area contributed by atoms with Gasteiger partial charge in [0.25, 0.3) is 0 Å². The fourth-order valence-electron chi connectivity index (χ4n) is 2.89. The second kappa shape index (κ2) is 5.25. The van der Waals surface area contributed by atoms with Gasteiger partial charge in [0.1, 0.15) is 11.6 Å². The number of hydrogen-bond acceptors (Lipinski definition) is 2. The molecule has 3 rings (SSSR count). The summed E-state index contributed by atoms with van der Waals surface area (Å²) in [6.45, 7) is 2.42. The fraction of sp³-hybridized carbons (Fsp3) is 0.294. The predicted octanol–water partition coefficient (Wildman–Crippen LogP) is 3.73. The van der Waals surface area contributed by atoms with Gasteiger partial charge in [0.15, 0.2) is 0 Å². The third kappa shape index (κ3) is 2.29. The lowest BCUT2D eigenvalue weighted by atomic mass is 9.84. The monoisotopic (exact) mass is 272 g/mol. The van der Waals surface area contributed by atoms with Gasteiger partial charge < -0.3 is 9.84 Å². The number of ether oxygens (including phenoxy) is 1. The van der Waals surface area contributed by atoms with E-state index in [0.717, 1.165) is 28.9 Å². The zero-order chi connectivity index (χ0) is 14.1. The first-order chi connectivity index (χ1) is 9.66. The van der Waals surface area contributed by atoms with Crippen LogP contribution >= 0.6 is 0 Å². The number of fused-ring (bicyclic) bond motifs is 1. The van der Waals surface area contributed by atoms with Gasteiger partial charge in [0, 0.05) is 11.5 Å². The topological polar surface area (TPSA) is 29.5 Å². The van der Waals surface area contributed by atoms with Gasteiger partial charge in [0.05, 0.1) is 12.7 Å². The van der Waals surface area contributed by atoms with Crippen LogP contribution < -0.4 is 4.74 Å². The predicted molar refractivity (Wildman–Crippen MR) is 75.4 cm³/mol. The Bertz CT molecular complexity index is 624. The van der Waals surface area contributed by atoms with Crippen molar-refractivity contribution < 1.29 is 14.2 Å². The van der Waals surface area contributed by atoms with Gasteiger partial charge in [-0.2, -0.15) is 0 Å². The molecule has 0 radical (unpaired) electrons. The van der Waals surface area contributed by atoms with Crippen molar-refractivity contribution >= 4 is 0 Å². The molecule has 1 aliphatic rings. The van der Waals surface area contributed by atoms with Gasteiger partial charge >= 0.3 is 0 Å². The highest BCUT2D eigenvalue weighted by molar-refractivity contribution is 5.41. The van der Waals surface area contributed by atoms with Crippen LogP contribution in [-0.2, 0) is 0 Å². The van der Waals surface area contributed by atoms with Crippen molar-refractivity contribution in [1.29, 1.82) is 0 Å². The Morgan fingerprint density at radius 1 is 1.25 bits per heavy atom. The summed E-state index contributed by atoms with van der Waals surface area (Å²) in [6, 6.07) is 12.3. The molecule has 1 N–H and O–H groups in total. The first kappa shape index (κ1) is 13.1. The molecule has 0 saturated heterocycles. The van der Waals surface area contributed by atoms with Crippen molar-refractivity contribution in [2.24, 2.45) is 0 Å². The van der Waals surface area contributed by atoms with Crippen LogP contribution in [0.5, 0.6) is 5.75 Å². The van der Waals surface area contributed by atoms with Crippen LogP contribution in [0.1, 0.15) is 35.1 Å². The molecule has 2 atom stereocenters. The van der Waals surface area contributed by atoms with Gasteiger partial charge in [-0.05, 0) is 42.7 Å². The average Bonchev–Trinajstić information content (AvgIpc) is 2.46. The van der Waals surface area contributed by atoms with Crippen molar-refractivity contribution in [2.75, 3.05) is 6.61 Å². The van der Waals surface area contributed by atoms with Crippen LogP contribution in [0.4, 0.5) is 4.39 Å².